The first kappa shape index (κ1) is 12.3. The normalized spacial score (nSPS) is 16.0. The predicted octanol–water partition coefficient (Wildman–Crippen LogP) is 3.93. The van der Waals surface area contributed by atoms with Gasteiger partial charge in [-0.3, -0.25) is 9.78 Å². The van der Waals surface area contributed by atoms with Crippen LogP contribution in [0.2, 0.25) is 0 Å². The summed E-state index contributed by atoms with van der Waals surface area (Å²) in [5.74, 6) is 0.811. The first-order valence-corrected chi connectivity index (χ1v) is 7.19. The lowest BCUT2D eigenvalue weighted by Crippen LogP contribution is -2.11. The Bertz CT molecular complexity index is 585. The quantitative estimate of drug-likeness (QED) is 0.826. The molecule has 19 heavy (non-hydrogen) atoms. The third-order valence-corrected chi connectivity index (χ3v) is 4.14. The highest BCUT2D eigenvalue weighted by atomic mass is 16.1. The smallest absolute Gasteiger partial charge is 0.136 e. The maximum absolute atomic E-state index is 12.1. The van der Waals surface area contributed by atoms with Crippen LogP contribution in [0.5, 0.6) is 0 Å². The maximum atomic E-state index is 12.1. The number of fused-ring (bicyclic) bond motifs is 1. The van der Waals surface area contributed by atoms with Crippen molar-refractivity contribution in [3.05, 3.63) is 42.1 Å². The Morgan fingerprint density at radius 2 is 2.05 bits per heavy atom. The molecule has 1 heterocycles. The van der Waals surface area contributed by atoms with E-state index in [1.54, 1.807) is 0 Å². The summed E-state index contributed by atoms with van der Waals surface area (Å²) in [6, 6.07) is 10.3. The molecular weight excluding hydrogens is 234 g/mol. The molecule has 0 spiro atoms. The van der Waals surface area contributed by atoms with Gasteiger partial charge in [-0.1, -0.05) is 25.0 Å². The van der Waals surface area contributed by atoms with E-state index in [2.05, 4.69) is 23.2 Å². The summed E-state index contributed by atoms with van der Waals surface area (Å²) in [4.78, 5) is 16.4. The maximum Gasteiger partial charge on any atom is 0.136 e. The number of pyridine rings is 1. The summed E-state index contributed by atoms with van der Waals surface area (Å²) < 4.78 is 0. The van der Waals surface area contributed by atoms with Gasteiger partial charge in [0.25, 0.3) is 0 Å². The monoisotopic (exact) mass is 253 g/mol. The van der Waals surface area contributed by atoms with E-state index in [-0.39, 0.29) is 0 Å². The highest BCUT2D eigenvalue weighted by Gasteiger charge is 2.21. The Balaban J connectivity index is 1.66. The fourth-order valence-corrected chi connectivity index (χ4v) is 3.00. The number of rotatable bonds is 4. The van der Waals surface area contributed by atoms with Crippen molar-refractivity contribution < 1.29 is 4.79 Å². The van der Waals surface area contributed by atoms with Crippen molar-refractivity contribution in [2.75, 3.05) is 0 Å². The van der Waals surface area contributed by atoms with Gasteiger partial charge in [0.15, 0.2) is 0 Å². The molecule has 0 amide bonds. The Kier molecular flexibility index (Phi) is 3.58. The first-order valence-electron chi connectivity index (χ1n) is 7.19. The Hall–Kier alpha value is -1.70. The SMILES string of the molecule is O=C(CCc1ccc2ncccc2c1)C1CCCC1. The van der Waals surface area contributed by atoms with Gasteiger partial charge in [-0.05, 0) is 43.0 Å². The van der Waals surface area contributed by atoms with Gasteiger partial charge >= 0.3 is 0 Å². The van der Waals surface area contributed by atoms with Crippen molar-refractivity contribution in [1.82, 2.24) is 4.98 Å². The Labute approximate surface area is 113 Å². The van der Waals surface area contributed by atoms with E-state index >= 15 is 0 Å². The number of carbonyl (C=O) groups is 1. The first-order chi connectivity index (χ1) is 9.33. The van der Waals surface area contributed by atoms with E-state index in [9.17, 15) is 4.79 Å². The summed E-state index contributed by atoms with van der Waals surface area (Å²) >= 11 is 0. The molecule has 1 aromatic carbocycles. The average Bonchev–Trinajstić information content (AvgIpc) is 2.99. The lowest BCUT2D eigenvalue weighted by molar-refractivity contribution is -0.122. The van der Waals surface area contributed by atoms with Crippen LogP contribution >= 0.6 is 0 Å². The molecule has 2 heteroatoms. The van der Waals surface area contributed by atoms with Gasteiger partial charge in [-0.2, -0.15) is 0 Å². The van der Waals surface area contributed by atoms with Crippen LogP contribution in [0, 0.1) is 5.92 Å². The number of carbonyl (C=O) groups excluding carboxylic acids is 1. The van der Waals surface area contributed by atoms with Crippen LogP contribution in [-0.2, 0) is 11.2 Å². The van der Waals surface area contributed by atoms with Gasteiger partial charge in [-0.25, -0.2) is 0 Å². The van der Waals surface area contributed by atoms with Crippen LogP contribution in [0.15, 0.2) is 36.5 Å². The summed E-state index contributed by atoms with van der Waals surface area (Å²) in [6.07, 6.45) is 8.05. The van der Waals surface area contributed by atoms with Crippen LogP contribution in [0.3, 0.4) is 0 Å². The van der Waals surface area contributed by atoms with E-state index in [4.69, 9.17) is 0 Å². The summed E-state index contributed by atoms with van der Waals surface area (Å²) in [6.45, 7) is 0. The zero-order chi connectivity index (χ0) is 13.1. The van der Waals surface area contributed by atoms with Gasteiger partial charge in [-0.15, -0.1) is 0 Å². The molecular formula is C17H19NO. The Morgan fingerprint density at radius 1 is 1.21 bits per heavy atom. The van der Waals surface area contributed by atoms with Crippen LogP contribution < -0.4 is 0 Å². The van der Waals surface area contributed by atoms with E-state index in [1.165, 1.54) is 18.4 Å². The molecule has 1 fully saturated rings. The largest absolute Gasteiger partial charge is 0.299 e. The molecule has 0 unspecified atom stereocenters. The van der Waals surface area contributed by atoms with Crippen molar-refractivity contribution >= 4 is 16.7 Å². The van der Waals surface area contributed by atoms with E-state index in [0.29, 0.717) is 18.1 Å². The third kappa shape index (κ3) is 2.83. The van der Waals surface area contributed by atoms with Crippen LogP contribution in [0.4, 0.5) is 0 Å². The van der Waals surface area contributed by atoms with Gasteiger partial charge < -0.3 is 0 Å². The molecule has 1 aliphatic carbocycles. The average molecular weight is 253 g/mol. The molecule has 98 valence electrons. The van der Waals surface area contributed by atoms with Crippen molar-refractivity contribution in [2.45, 2.75) is 38.5 Å². The van der Waals surface area contributed by atoms with Crippen molar-refractivity contribution in [3.8, 4) is 0 Å². The van der Waals surface area contributed by atoms with Crippen LogP contribution in [0.1, 0.15) is 37.7 Å². The zero-order valence-electron chi connectivity index (χ0n) is 11.1. The minimum atomic E-state index is 0.349. The molecule has 1 saturated carbocycles. The fraction of sp³-hybridized carbons (Fsp3) is 0.412. The lowest BCUT2D eigenvalue weighted by atomic mass is 9.96. The fourth-order valence-electron chi connectivity index (χ4n) is 3.00. The number of hydrogen-bond acceptors (Lipinski definition) is 2. The zero-order valence-corrected chi connectivity index (χ0v) is 11.1. The molecule has 1 aromatic heterocycles. The van der Waals surface area contributed by atoms with Gasteiger partial charge in [0, 0.05) is 23.9 Å². The second-order valence-corrected chi connectivity index (χ2v) is 5.48. The summed E-state index contributed by atoms with van der Waals surface area (Å²) in [7, 11) is 0. The molecule has 0 N–H and O–H groups in total. The summed E-state index contributed by atoms with van der Waals surface area (Å²) in [5, 5.41) is 1.16. The standard InChI is InChI=1S/C17H19NO/c19-17(14-4-1-2-5-14)10-8-13-7-9-16-15(12-13)6-3-11-18-16/h3,6-7,9,11-12,14H,1-2,4-5,8,10H2. The molecule has 0 saturated heterocycles. The molecule has 0 atom stereocenters. The highest BCUT2D eigenvalue weighted by Crippen LogP contribution is 2.27. The van der Waals surface area contributed by atoms with Gasteiger partial charge in [0.05, 0.1) is 5.52 Å². The van der Waals surface area contributed by atoms with Gasteiger partial charge in [0.1, 0.15) is 5.78 Å². The number of aromatic nitrogens is 1. The van der Waals surface area contributed by atoms with Crippen LogP contribution in [-0.4, -0.2) is 10.8 Å². The number of hydrogen-bond donors (Lipinski definition) is 0. The topological polar surface area (TPSA) is 30.0 Å². The second kappa shape index (κ2) is 5.52. The molecule has 2 nitrogen and oxygen atoms in total. The second-order valence-electron chi connectivity index (χ2n) is 5.48. The number of ketones is 1. The number of aryl methyl sites for hydroxylation is 1. The van der Waals surface area contributed by atoms with E-state index < -0.39 is 0 Å². The molecule has 1 aliphatic rings. The number of Topliss-reactive ketones (excluding diaryl/α,β-unsaturated/α-hetero) is 1. The minimum absolute atomic E-state index is 0.349. The molecule has 0 radical (unpaired) electrons. The molecule has 0 bridgehead atoms. The van der Waals surface area contributed by atoms with Crippen molar-refractivity contribution in [2.24, 2.45) is 5.92 Å². The highest BCUT2D eigenvalue weighted by molar-refractivity contribution is 5.82. The predicted molar refractivity (Wildman–Crippen MR) is 77.0 cm³/mol. The van der Waals surface area contributed by atoms with Gasteiger partial charge in [0.2, 0.25) is 0 Å². The summed E-state index contributed by atoms with van der Waals surface area (Å²) in [5.41, 5.74) is 2.26. The third-order valence-electron chi connectivity index (χ3n) is 4.14. The number of nitrogens with zero attached hydrogens (tertiary/aromatic N) is 1. The lowest BCUT2D eigenvalue weighted by Gasteiger charge is -2.08. The van der Waals surface area contributed by atoms with E-state index in [0.717, 1.165) is 30.2 Å². The molecule has 0 aliphatic heterocycles. The minimum Gasteiger partial charge on any atom is -0.299 e. The number of benzene rings is 1. The van der Waals surface area contributed by atoms with E-state index in [1.807, 2.05) is 18.3 Å². The Morgan fingerprint density at radius 3 is 2.89 bits per heavy atom. The van der Waals surface area contributed by atoms with Crippen LogP contribution in [0.25, 0.3) is 10.9 Å². The van der Waals surface area contributed by atoms with Crippen molar-refractivity contribution in [3.63, 3.8) is 0 Å². The molecule has 2 aromatic rings. The van der Waals surface area contributed by atoms with Crippen molar-refractivity contribution in [1.29, 1.82) is 0 Å². The molecule has 3 rings (SSSR count).